The minimum atomic E-state index is -0.236. The maximum atomic E-state index is 13.6. The Balaban J connectivity index is 1.30. The number of nitrogens with one attached hydrogen (secondary N) is 1. The highest BCUT2D eigenvalue weighted by molar-refractivity contribution is 14.1. The molecule has 4 heterocycles. The van der Waals surface area contributed by atoms with Gasteiger partial charge in [0.25, 0.3) is 0 Å². The van der Waals surface area contributed by atoms with Gasteiger partial charge in [0.2, 0.25) is 0 Å². The topological polar surface area (TPSA) is 63.3 Å². The standard InChI is InChI=1S/C25H23FIN7S/c26-19-3-1-2-17(12-19)14-34-22-5-4-20(13-21(22)24(27)31-34)30-25-23-18(6-7-33(23)29-16-28-25)15-32-8-10-35-11-9-32/h1-7,12-13,16H,8-11,14-15H2,(H,28,29,30). The second kappa shape index (κ2) is 9.75. The number of halogens is 2. The van der Waals surface area contributed by atoms with E-state index in [9.17, 15) is 4.39 Å². The van der Waals surface area contributed by atoms with Crippen LogP contribution in [-0.2, 0) is 13.1 Å². The van der Waals surface area contributed by atoms with E-state index in [0.717, 1.165) is 56.8 Å². The zero-order valence-electron chi connectivity index (χ0n) is 18.9. The first kappa shape index (κ1) is 22.7. The molecule has 1 aliphatic heterocycles. The number of fused-ring (bicyclic) bond motifs is 2. The van der Waals surface area contributed by atoms with Gasteiger partial charge >= 0.3 is 0 Å². The molecule has 1 fully saturated rings. The van der Waals surface area contributed by atoms with Crippen molar-refractivity contribution in [2.45, 2.75) is 13.1 Å². The predicted molar refractivity (Wildman–Crippen MR) is 147 cm³/mol. The molecule has 1 aliphatic rings. The zero-order chi connectivity index (χ0) is 23.8. The van der Waals surface area contributed by atoms with E-state index in [-0.39, 0.29) is 5.82 Å². The monoisotopic (exact) mass is 599 g/mol. The molecule has 5 aromatic rings. The van der Waals surface area contributed by atoms with Gasteiger partial charge in [0, 0.05) is 48.4 Å². The highest BCUT2D eigenvalue weighted by Gasteiger charge is 2.17. The van der Waals surface area contributed by atoms with Crippen LogP contribution in [0.4, 0.5) is 15.9 Å². The summed E-state index contributed by atoms with van der Waals surface area (Å²) >= 11 is 4.27. The van der Waals surface area contributed by atoms with E-state index >= 15 is 0 Å². The molecule has 7 nitrogen and oxygen atoms in total. The van der Waals surface area contributed by atoms with Crippen molar-refractivity contribution in [3.63, 3.8) is 0 Å². The number of thioether (sulfide) groups is 1. The Hall–Kier alpha value is -2.70. The molecule has 0 saturated carbocycles. The van der Waals surface area contributed by atoms with Crippen LogP contribution < -0.4 is 5.32 Å². The van der Waals surface area contributed by atoms with Crippen LogP contribution in [0.25, 0.3) is 16.4 Å². The molecule has 0 atom stereocenters. The van der Waals surface area contributed by atoms with Gasteiger partial charge in [-0.1, -0.05) is 12.1 Å². The molecule has 0 bridgehead atoms. The fourth-order valence-electron chi connectivity index (χ4n) is 4.52. The van der Waals surface area contributed by atoms with Gasteiger partial charge in [-0.05, 0) is 70.1 Å². The molecule has 6 rings (SSSR count). The minimum Gasteiger partial charge on any atom is -0.338 e. The van der Waals surface area contributed by atoms with Crippen molar-refractivity contribution in [2.24, 2.45) is 0 Å². The molecule has 1 saturated heterocycles. The van der Waals surface area contributed by atoms with Gasteiger partial charge in [0.1, 0.15) is 21.4 Å². The normalized spacial score (nSPS) is 14.7. The third-order valence-corrected chi connectivity index (χ3v) is 7.96. The number of anilines is 2. The van der Waals surface area contributed by atoms with Gasteiger partial charge < -0.3 is 5.32 Å². The summed E-state index contributed by atoms with van der Waals surface area (Å²) in [4.78, 5) is 7.07. The fourth-order valence-corrected chi connectivity index (χ4v) is 6.19. The molecule has 10 heteroatoms. The van der Waals surface area contributed by atoms with Crippen LogP contribution in [-0.4, -0.2) is 53.9 Å². The molecule has 35 heavy (non-hydrogen) atoms. The Morgan fingerprint density at radius 2 is 1.94 bits per heavy atom. The third kappa shape index (κ3) is 4.74. The van der Waals surface area contributed by atoms with Crippen molar-refractivity contribution in [3.05, 3.63) is 81.7 Å². The molecular weight excluding hydrogens is 576 g/mol. The summed E-state index contributed by atoms with van der Waals surface area (Å²) < 4.78 is 18.3. The van der Waals surface area contributed by atoms with E-state index in [2.05, 4.69) is 61.1 Å². The third-order valence-electron chi connectivity index (χ3n) is 6.22. The van der Waals surface area contributed by atoms with Crippen molar-refractivity contribution < 1.29 is 4.39 Å². The first-order valence-electron chi connectivity index (χ1n) is 11.4. The predicted octanol–water partition coefficient (Wildman–Crippen LogP) is 5.16. The quantitative estimate of drug-likeness (QED) is 0.272. The smallest absolute Gasteiger partial charge is 0.158 e. The maximum absolute atomic E-state index is 13.6. The van der Waals surface area contributed by atoms with Crippen molar-refractivity contribution >= 4 is 62.3 Å². The second-order valence-electron chi connectivity index (χ2n) is 8.57. The summed E-state index contributed by atoms with van der Waals surface area (Å²) in [5, 5.41) is 13.7. The molecule has 0 amide bonds. The number of aromatic nitrogens is 5. The number of benzene rings is 2. The average molecular weight is 599 g/mol. The van der Waals surface area contributed by atoms with Gasteiger partial charge in [-0.25, -0.2) is 13.9 Å². The number of nitrogens with zero attached hydrogens (tertiary/aromatic N) is 6. The molecular formula is C25H23FIN7S. The second-order valence-corrected chi connectivity index (χ2v) is 10.8. The Labute approximate surface area is 219 Å². The van der Waals surface area contributed by atoms with Gasteiger partial charge in [-0.3, -0.25) is 9.58 Å². The average Bonchev–Trinajstić information content (AvgIpc) is 3.41. The highest BCUT2D eigenvalue weighted by atomic mass is 127. The van der Waals surface area contributed by atoms with Crippen molar-refractivity contribution in [2.75, 3.05) is 29.9 Å². The van der Waals surface area contributed by atoms with Crippen LogP contribution in [0.5, 0.6) is 0 Å². The number of hydrogen-bond acceptors (Lipinski definition) is 6. The number of rotatable bonds is 6. The van der Waals surface area contributed by atoms with Crippen molar-refractivity contribution in [3.8, 4) is 0 Å². The van der Waals surface area contributed by atoms with Crippen molar-refractivity contribution in [1.29, 1.82) is 0 Å². The molecule has 0 unspecified atom stereocenters. The lowest BCUT2D eigenvalue weighted by atomic mass is 10.2. The molecule has 2 aromatic carbocycles. The molecule has 0 spiro atoms. The Morgan fingerprint density at radius 1 is 1.06 bits per heavy atom. The van der Waals surface area contributed by atoms with Crippen molar-refractivity contribution in [1.82, 2.24) is 29.3 Å². The Kier molecular flexibility index (Phi) is 6.33. The maximum Gasteiger partial charge on any atom is 0.158 e. The lowest BCUT2D eigenvalue weighted by Gasteiger charge is -2.25. The fraction of sp³-hybridized carbons (Fsp3) is 0.240. The van der Waals surface area contributed by atoms with Crippen LogP contribution in [0.3, 0.4) is 0 Å². The SMILES string of the molecule is Fc1cccc(Cn2nc(I)c3cc(Nc4ncnn5ccc(CN6CCSCC6)c45)ccc32)c1. The lowest BCUT2D eigenvalue weighted by Crippen LogP contribution is -2.31. The Morgan fingerprint density at radius 3 is 2.80 bits per heavy atom. The molecule has 0 aliphatic carbocycles. The van der Waals surface area contributed by atoms with Gasteiger partial charge in [0.05, 0.1) is 12.1 Å². The van der Waals surface area contributed by atoms with Crippen LogP contribution in [0.1, 0.15) is 11.1 Å². The first-order valence-corrected chi connectivity index (χ1v) is 13.7. The van der Waals surface area contributed by atoms with E-state index in [4.69, 9.17) is 5.10 Å². The van der Waals surface area contributed by atoms with Gasteiger partial charge in [0.15, 0.2) is 5.82 Å². The van der Waals surface area contributed by atoms with Crippen LogP contribution >= 0.6 is 34.4 Å². The molecule has 178 valence electrons. The summed E-state index contributed by atoms with van der Waals surface area (Å²) in [6.07, 6.45) is 3.58. The molecule has 3 aromatic heterocycles. The van der Waals surface area contributed by atoms with E-state index in [1.807, 2.05) is 39.3 Å². The van der Waals surface area contributed by atoms with Crippen LogP contribution in [0.2, 0.25) is 0 Å². The van der Waals surface area contributed by atoms with Crippen LogP contribution in [0.15, 0.2) is 61.1 Å². The highest BCUT2D eigenvalue weighted by Crippen LogP contribution is 2.29. The molecule has 0 radical (unpaired) electrons. The lowest BCUT2D eigenvalue weighted by molar-refractivity contribution is 0.296. The van der Waals surface area contributed by atoms with E-state index in [1.54, 1.807) is 18.5 Å². The first-order chi connectivity index (χ1) is 17.1. The summed E-state index contributed by atoms with van der Waals surface area (Å²) in [6, 6.07) is 15.0. The van der Waals surface area contributed by atoms with Gasteiger partial charge in [-0.15, -0.1) is 0 Å². The summed E-state index contributed by atoms with van der Waals surface area (Å²) in [7, 11) is 0. The van der Waals surface area contributed by atoms with Crippen LogP contribution in [0, 0.1) is 9.52 Å². The summed E-state index contributed by atoms with van der Waals surface area (Å²) in [5.41, 5.74) is 5.04. The summed E-state index contributed by atoms with van der Waals surface area (Å²) in [6.45, 7) is 3.61. The minimum absolute atomic E-state index is 0.236. The van der Waals surface area contributed by atoms with E-state index in [1.165, 1.54) is 23.1 Å². The Bertz CT molecular complexity index is 1510. The van der Waals surface area contributed by atoms with Gasteiger partial charge in [-0.2, -0.15) is 22.0 Å². The zero-order valence-corrected chi connectivity index (χ0v) is 21.8. The summed E-state index contributed by atoms with van der Waals surface area (Å²) in [5.74, 6) is 2.91. The number of hydrogen-bond donors (Lipinski definition) is 1. The van der Waals surface area contributed by atoms with E-state index < -0.39 is 0 Å². The molecule has 1 N–H and O–H groups in total. The van der Waals surface area contributed by atoms with E-state index in [0.29, 0.717) is 6.54 Å². The largest absolute Gasteiger partial charge is 0.338 e.